The highest BCUT2D eigenvalue weighted by molar-refractivity contribution is 7.92. The number of rotatable bonds is 9. The number of sulfonamides is 1. The molecular weight excluding hydrogens is 569 g/mol. The van der Waals surface area contributed by atoms with E-state index in [4.69, 9.17) is 23.2 Å². The van der Waals surface area contributed by atoms with Crippen molar-refractivity contribution in [1.82, 2.24) is 10.2 Å². The minimum absolute atomic E-state index is 0.0144. The predicted molar refractivity (Wildman–Crippen MR) is 161 cm³/mol. The predicted octanol–water partition coefficient (Wildman–Crippen LogP) is 6.14. The molecule has 0 spiro atoms. The molecule has 0 aliphatic rings. The van der Waals surface area contributed by atoms with Crippen LogP contribution in [0.25, 0.3) is 0 Å². The van der Waals surface area contributed by atoms with Crippen LogP contribution in [0.5, 0.6) is 0 Å². The van der Waals surface area contributed by atoms with Gasteiger partial charge in [0.15, 0.2) is 0 Å². The fourth-order valence-corrected chi connectivity index (χ4v) is 6.03. The van der Waals surface area contributed by atoms with E-state index in [9.17, 15) is 18.0 Å². The molecule has 1 N–H and O–H groups in total. The minimum atomic E-state index is -4.13. The Bertz CT molecular complexity index is 1490. The molecular formula is C30H35Cl2N3O4S. The highest BCUT2D eigenvalue weighted by Gasteiger charge is 2.34. The van der Waals surface area contributed by atoms with E-state index in [1.165, 1.54) is 17.0 Å². The lowest BCUT2D eigenvalue weighted by molar-refractivity contribution is -0.140. The fraction of sp³-hybridized carbons (Fsp3) is 0.333. The maximum Gasteiger partial charge on any atom is 0.264 e. The SMILES string of the molecule is Cc1ccc(N(CC(=O)N(Cc2ccc(Cl)c(Cl)c2)C(C)C(=O)NC(C)(C)C)S(=O)(=O)c2ccccc2)c(C)c1. The first kappa shape index (κ1) is 31.5. The van der Waals surface area contributed by atoms with Gasteiger partial charge in [0.2, 0.25) is 11.8 Å². The van der Waals surface area contributed by atoms with E-state index in [2.05, 4.69) is 5.32 Å². The molecule has 10 heteroatoms. The van der Waals surface area contributed by atoms with Crippen LogP contribution in [0, 0.1) is 13.8 Å². The van der Waals surface area contributed by atoms with Crippen molar-refractivity contribution in [3.63, 3.8) is 0 Å². The molecule has 40 heavy (non-hydrogen) atoms. The van der Waals surface area contributed by atoms with E-state index >= 15 is 0 Å². The Balaban J connectivity index is 2.07. The van der Waals surface area contributed by atoms with Gasteiger partial charge in [-0.2, -0.15) is 0 Å². The average molecular weight is 605 g/mol. The zero-order valence-corrected chi connectivity index (χ0v) is 25.9. The smallest absolute Gasteiger partial charge is 0.264 e. The van der Waals surface area contributed by atoms with E-state index in [0.717, 1.165) is 9.87 Å². The van der Waals surface area contributed by atoms with Gasteiger partial charge < -0.3 is 10.2 Å². The summed E-state index contributed by atoms with van der Waals surface area (Å²) < 4.78 is 28.9. The molecule has 0 aromatic heterocycles. The minimum Gasteiger partial charge on any atom is -0.350 e. The van der Waals surface area contributed by atoms with Crippen LogP contribution in [0.1, 0.15) is 44.4 Å². The summed E-state index contributed by atoms with van der Waals surface area (Å²) in [6.07, 6.45) is 0. The molecule has 214 valence electrons. The number of carbonyl (C=O) groups is 2. The standard InChI is InChI=1S/C30H35Cl2N3O4S/c1-20-12-15-27(21(2)16-20)35(40(38,39)24-10-8-7-9-11-24)19-28(36)34(22(3)29(37)33-30(4,5)6)18-23-13-14-25(31)26(32)17-23/h7-17,22H,18-19H2,1-6H3,(H,33,37). The number of hydrogen-bond donors (Lipinski definition) is 1. The molecule has 0 radical (unpaired) electrons. The number of halogens is 2. The number of amides is 2. The lowest BCUT2D eigenvalue weighted by atomic mass is 10.1. The molecule has 0 saturated heterocycles. The first-order chi connectivity index (χ1) is 18.6. The van der Waals surface area contributed by atoms with E-state index in [1.807, 2.05) is 33.8 Å². The van der Waals surface area contributed by atoms with Crippen LogP contribution in [0.3, 0.4) is 0 Å². The van der Waals surface area contributed by atoms with Crippen molar-refractivity contribution in [3.8, 4) is 0 Å². The third-order valence-electron chi connectivity index (χ3n) is 6.23. The molecule has 0 aliphatic heterocycles. The zero-order valence-electron chi connectivity index (χ0n) is 23.5. The Morgan fingerprint density at radius 2 is 1.57 bits per heavy atom. The highest BCUT2D eigenvalue weighted by atomic mass is 35.5. The Morgan fingerprint density at radius 1 is 0.925 bits per heavy atom. The molecule has 3 aromatic rings. The Morgan fingerprint density at radius 3 is 2.15 bits per heavy atom. The van der Waals surface area contributed by atoms with E-state index in [1.54, 1.807) is 62.4 Å². The lowest BCUT2D eigenvalue weighted by Crippen LogP contribution is -2.54. The number of carbonyl (C=O) groups excluding carboxylic acids is 2. The van der Waals surface area contributed by atoms with Crippen molar-refractivity contribution in [2.24, 2.45) is 0 Å². The van der Waals surface area contributed by atoms with Crippen molar-refractivity contribution < 1.29 is 18.0 Å². The highest BCUT2D eigenvalue weighted by Crippen LogP contribution is 2.29. The van der Waals surface area contributed by atoms with Gasteiger partial charge in [0, 0.05) is 12.1 Å². The summed E-state index contributed by atoms with van der Waals surface area (Å²) >= 11 is 12.3. The third-order valence-corrected chi connectivity index (χ3v) is 8.75. The summed E-state index contributed by atoms with van der Waals surface area (Å²) in [6.45, 7) is 10.4. The molecule has 7 nitrogen and oxygen atoms in total. The lowest BCUT2D eigenvalue weighted by Gasteiger charge is -2.34. The van der Waals surface area contributed by atoms with Crippen molar-refractivity contribution in [2.75, 3.05) is 10.8 Å². The largest absolute Gasteiger partial charge is 0.350 e. The zero-order chi connectivity index (χ0) is 29.8. The number of aryl methyl sites for hydroxylation is 2. The third kappa shape index (κ3) is 7.77. The normalized spacial score (nSPS) is 12.5. The van der Waals surface area contributed by atoms with Crippen LogP contribution in [-0.4, -0.2) is 43.3 Å². The number of nitrogens with zero attached hydrogens (tertiary/aromatic N) is 2. The molecule has 0 fully saturated rings. The number of anilines is 1. The summed E-state index contributed by atoms with van der Waals surface area (Å²) in [7, 11) is -4.13. The van der Waals surface area contributed by atoms with Gasteiger partial charge in [-0.05, 0) is 83.0 Å². The molecule has 1 atom stereocenters. The molecule has 0 bridgehead atoms. The van der Waals surface area contributed by atoms with Gasteiger partial charge in [0.25, 0.3) is 10.0 Å². The number of benzene rings is 3. The van der Waals surface area contributed by atoms with E-state index in [0.29, 0.717) is 26.9 Å². The Labute approximate surface area is 247 Å². The summed E-state index contributed by atoms with van der Waals surface area (Å²) in [5.74, 6) is -0.924. The molecule has 3 rings (SSSR count). The average Bonchev–Trinajstić information content (AvgIpc) is 2.87. The first-order valence-electron chi connectivity index (χ1n) is 12.8. The second-order valence-electron chi connectivity index (χ2n) is 10.8. The molecule has 2 amide bonds. The van der Waals surface area contributed by atoms with Gasteiger partial charge in [-0.25, -0.2) is 8.42 Å². The molecule has 0 aliphatic carbocycles. The summed E-state index contributed by atoms with van der Waals surface area (Å²) in [5.41, 5.74) is 2.14. The van der Waals surface area contributed by atoms with Gasteiger partial charge in [0.1, 0.15) is 12.6 Å². The van der Waals surface area contributed by atoms with Gasteiger partial charge >= 0.3 is 0 Å². The van der Waals surface area contributed by atoms with Gasteiger partial charge in [-0.1, -0.05) is 65.2 Å². The monoisotopic (exact) mass is 603 g/mol. The Kier molecular flexibility index (Phi) is 9.93. The van der Waals surface area contributed by atoms with Crippen molar-refractivity contribution >= 4 is 50.7 Å². The van der Waals surface area contributed by atoms with Gasteiger partial charge in [-0.3, -0.25) is 13.9 Å². The van der Waals surface area contributed by atoms with E-state index in [-0.39, 0.29) is 17.3 Å². The summed E-state index contributed by atoms with van der Waals surface area (Å²) in [5, 5.41) is 3.57. The molecule has 0 saturated carbocycles. The number of nitrogens with one attached hydrogen (secondary N) is 1. The van der Waals surface area contributed by atoms with Gasteiger partial charge in [0.05, 0.1) is 20.6 Å². The first-order valence-corrected chi connectivity index (χ1v) is 15.0. The quantitative estimate of drug-likeness (QED) is 0.318. The summed E-state index contributed by atoms with van der Waals surface area (Å²) in [6, 6.07) is 17.4. The van der Waals surface area contributed by atoms with E-state index < -0.39 is 34.1 Å². The molecule has 1 unspecified atom stereocenters. The maximum absolute atomic E-state index is 14.0. The van der Waals surface area contributed by atoms with Crippen LogP contribution in [0.15, 0.2) is 71.6 Å². The van der Waals surface area contributed by atoms with Crippen LogP contribution < -0.4 is 9.62 Å². The fourth-order valence-electron chi connectivity index (χ4n) is 4.21. The van der Waals surface area contributed by atoms with Crippen molar-refractivity contribution in [1.29, 1.82) is 0 Å². The van der Waals surface area contributed by atoms with Crippen LogP contribution >= 0.6 is 23.2 Å². The van der Waals surface area contributed by atoms with Gasteiger partial charge in [-0.15, -0.1) is 0 Å². The van der Waals surface area contributed by atoms with Crippen LogP contribution in [-0.2, 0) is 26.2 Å². The molecule has 0 heterocycles. The van der Waals surface area contributed by atoms with Crippen molar-refractivity contribution in [2.45, 2.75) is 64.6 Å². The van der Waals surface area contributed by atoms with Crippen LogP contribution in [0.4, 0.5) is 5.69 Å². The van der Waals surface area contributed by atoms with Crippen LogP contribution in [0.2, 0.25) is 10.0 Å². The van der Waals surface area contributed by atoms with Crippen molar-refractivity contribution in [3.05, 3.63) is 93.5 Å². The topological polar surface area (TPSA) is 86.8 Å². The summed E-state index contributed by atoms with van der Waals surface area (Å²) in [4.78, 5) is 28.6. The number of hydrogen-bond acceptors (Lipinski definition) is 4. The second-order valence-corrected chi connectivity index (χ2v) is 13.5. The maximum atomic E-state index is 14.0. The Hall–Kier alpha value is -3.07. The molecule has 3 aromatic carbocycles. The second kappa shape index (κ2) is 12.6.